The summed E-state index contributed by atoms with van der Waals surface area (Å²) in [6, 6.07) is 10.1. The van der Waals surface area contributed by atoms with Crippen molar-refractivity contribution < 1.29 is 4.74 Å². The molecule has 0 aliphatic carbocycles. The van der Waals surface area contributed by atoms with Gasteiger partial charge in [-0.25, -0.2) is 4.68 Å². The molecule has 4 nitrogen and oxygen atoms in total. The van der Waals surface area contributed by atoms with E-state index in [9.17, 15) is 0 Å². The summed E-state index contributed by atoms with van der Waals surface area (Å²) in [5.74, 6) is 0.694. The van der Waals surface area contributed by atoms with Gasteiger partial charge in [0.25, 0.3) is 0 Å². The SMILES string of the molecule is COCc1cccc(Cn2nc(C)cc2N)c1. The molecule has 0 radical (unpaired) electrons. The van der Waals surface area contributed by atoms with Crippen molar-refractivity contribution in [3.8, 4) is 0 Å². The lowest BCUT2D eigenvalue weighted by atomic mass is 10.1. The van der Waals surface area contributed by atoms with Crippen LogP contribution in [0.3, 0.4) is 0 Å². The first kappa shape index (κ1) is 11.7. The van der Waals surface area contributed by atoms with Gasteiger partial charge in [-0.2, -0.15) is 5.10 Å². The van der Waals surface area contributed by atoms with Gasteiger partial charge in [-0.3, -0.25) is 0 Å². The largest absolute Gasteiger partial charge is 0.384 e. The van der Waals surface area contributed by atoms with Crippen molar-refractivity contribution >= 4 is 5.82 Å². The molecule has 0 aliphatic heterocycles. The predicted molar refractivity (Wildman–Crippen MR) is 67.6 cm³/mol. The number of ether oxygens (including phenoxy) is 1. The van der Waals surface area contributed by atoms with E-state index in [0.717, 1.165) is 11.3 Å². The molecule has 0 amide bonds. The lowest BCUT2D eigenvalue weighted by Gasteiger charge is -2.06. The summed E-state index contributed by atoms with van der Waals surface area (Å²) in [6.45, 7) is 3.26. The topological polar surface area (TPSA) is 53.1 Å². The van der Waals surface area contributed by atoms with Crippen LogP contribution in [-0.2, 0) is 17.9 Å². The molecule has 0 fully saturated rings. The van der Waals surface area contributed by atoms with Gasteiger partial charge in [0.15, 0.2) is 0 Å². The number of nitrogen functional groups attached to an aromatic ring is 1. The fourth-order valence-electron chi connectivity index (χ4n) is 1.85. The van der Waals surface area contributed by atoms with E-state index >= 15 is 0 Å². The van der Waals surface area contributed by atoms with Crippen molar-refractivity contribution in [2.75, 3.05) is 12.8 Å². The van der Waals surface area contributed by atoms with Crippen LogP contribution in [0.15, 0.2) is 30.3 Å². The van der Waals surface area contributed by atoms with Gasteiger partial charge < -0.3 is 10.5 Å². The normalized spacial score (nSPS) is 10.7. The fourth-order valence-corrected chi connectivity index (χ4v) is 1.85. The number of rotatable bonds is 4. The highest BCUT2D eigenvalue weighted by Crippen LogP contribution is 2.11. The highest BCUT2D eigenvalue weighted by molar-refractivity contribution is 5.32. The van der Waals surface area contributed by atoms with Crippen LogP contribution < -0.4 is 5.73 Å². The van der Waals surface area contributed by atoms with Gasteiger partial charge >= 0.3 is 0 Å². The molecule has 1 aromatic heterocycles. The molecule has 0 unspecified atom stereocenters. The quantitative estimate of drug-likeness (QED) is 0.875. The summed E-state index contributed by atoms with van der Waals surface area (Å²) in [5.41, 5.74) is 9.14. The molecule has 90 valence electrons. The van der Waals surface area contributed by atoms with Gasteiger partial charge in [0.2, 0.25) is 0 Å². The van der Waals surface area contributed by atoms with Crippen molar-refractivity contribution in [1.29, 1.82) is 0 Å². The fraction of sp³-hybridized carbons (Fsp3) is 0.308. The number of aryl methyl sites for hydroxylation is 1. The number of benzene rings is 1. The minimum atomic E-state index is 0.626. The molecule has 0 spiro atoms. The van der Waals surface area contributed by atoms with Crippen LogP contribution in [0.4, 0.5) is 5.82 Å². The molecule has 0 bridgehead atoms. The zero-order chi connectivity index (χ0) is 12.3. The molecule has 1 aromatic carbocycles. The Labute approximate surface area is 101 Å². The van der Waals surface area contributed by atoms with E-state index in [-0.39, 0.29) is 0 Å². The molecular formula is C13H17N3O. The summed E-state index contributed by atoms with van der Waals surface area (Å²) in [5, 5.41) is 4.34. The Kier molecular flexibility index (Phi) is 3.44. The van der Waals surface area contributed by atoms with E-state index < -0.39 is 0 Å². The van der Waals surface area contributed by atoms with Crippen LogP contribution in [0.5, 0.6) is 0 Å². The zero-order valence-corrected chi connectivity index (χ0v) is 10.2. The average molecular weight is 231 g/mol. The number of hydrogen-bond acceptors (Lipinski definition) is 3. The minimum Gasteiger partial charge on any atom is -0.384 e. The van der Waals surface area contributed by atoms with Crippen LogP contribution in [0, 0.1) is 6.92 Å². The number of methoxy groups -OCH3 is 1. The number of aromatic nitrogens is 2. The molecule has 2 rings (SSSR count). The summed E-state index contributed by atoms with van der Waals surface area (Å²) in [7, 11) is 1.70. The van der Waals surface area contributed by atoms with E-state index in [1.54, 1.807) is 11.8 Å². The van der Waals surface area contributed by atoms with E-state index in [2.05, 4.69) is 17.2 Å². The molecule has 17 heavy (non-hydrogen) atoms. The maximum atomic E-state index is 5.86. The van der Waals surface area contributed by atoms with E-state index in [4.69, 9.17) is 10.5 Å². The highest BCUT2D eigenvalue weighted by atomic mass is 16.5. The van der Waals surface area contributed by atoms with Crippen molar-refractivity contribution in [2.45, 2.75) is 20.1 Å². The van der Waals surface area contributed by atoms with Crippen LogP contribution >= 0.6 is 0 Å². The Morgan fingerprint density at radius 2 is 2.06 bits per heavy atom. The first-order valence-electron chi connectivity index (χ1n) is 5.55. The highest BCUT2D eigenvalue weighted by Gasteiger charge is 2.03. The second kappa shape index (κ2) is 5.01. The lowest BCUT2D eigenvalue weighted by Crippen LogP contribution is -2.06. The summed E-state index contributed by atoms with van der Waals surface area (Å²) in [6.07, 6.45) is 0. The number of anilines is 1. The average Bonchev–Trinajstić information content (AvgIpc) is 2.58. The Morgan fingerprint density at radius 1 is 1.29 bits per heavy atom. The molecular weight excluding hydrogens is 214 g/mol. The molecule has 0 aliphatic rings. The summed E-state index contributed by atoms with van der Waals surface area (Å²) in [4.78, 5) is 0. The van der Waals surface area contributed by atoms with Gasteiger partial charge in [0.1, 0.15) is 5.82 Å². The second-order valence-electron chi connectivity index (χ2n) is 4.12. The van der Waals surface area contributed by atoms with Crippen LogP contribution in [-0.4, -0.2) is 16.9 Å². The lowest BCUT2D eigenvalue weighted by molar-refractivity contribution is 0.185. The van der Waals surface area contributed by atoms with Crippen molar-refractivity contribution in [3.05, 3.63) is 47.2 Å². The maximum absolute atomic E-state index is 5.86. The molecule has 1 heterocycles. The third-order valence-corrected chi connectivity index (χ3v) is 2.57. The standard InChI is InChI=1S/C13H17N3O/c1-10-6-13(14)16(15-10)8-11-4-3-5-12(7-11)9-17-2/h3-7H,8-9,14H2,1-2H3. The van der Waals surface area contributed by atoms with Crippen LogP contribution in [0.25, 0.3) is 0 Å². The zero-order valence-electron chi connectivity index (χ0n) is 10.2. The number of nitrogens with zero attached hydrogens (tertiary/aromatic N) is 2. The minimum absolute atomic E-state index is 0.626. The molecule has 2 aromatic rings. The first-order valence-corrected chi connectivity index (χ1v) is 5.55. The number of nitrogens with two attached hydrogens (primary N) is 1. The Bertz CT molecular complexity index is 505. The van der Waals surface area contributed by atoms with Crippen molar-refractivity contribution in [3.63, 3.8) is 0 Å². The molecule has 0 saturated heterocycles. The van der Waals surface area contributed by atoms with Gasteiger partial charge in [0, 0.05) is 13.2 Å². The molecule has 0 atom stereocenters. The first-order chi connectivity index (χ1) is 8.19. The third-order valence-electron chi connectivity index (χ3n) is 2.57. The van der Waals surface area contributed by atoms with E-state index in [1.807, 2.05) is 25.1 Å². The third kappa shape index (κ3) is 2.85. The molecule has 4 heteroatoms. The Morgan fingerprint density at radius 3 is 2.71 bits per heavy atom. The predicted octanol–water partition coefficient (Wildman–Crippen LogP) is 1.97. The molecule has 2 N–H and O–H groups in total. The van der Waals surface area contributed by atoms with Crippen molar-refractivity contribution in [1.82, 2.24) is 9.78 Å². The smallest absolute Gasteiger partial charge is 0.122 e. The second-order valence-corrected chi connectivity index (χ2v) is 4.12. The monoisotopic (exact) mass is 231 g/mol. The number of hydrogen-bond donors (Lipinski definition) is 1. The maximum Gasteiger partial charge on any atom is 0.122 e. The Hall–Kier alpha value is -1.81. The van der Waals surface area contributed by atoms with Gasteiger partial charge in [-0.05, 0) is 18.1 Å². The van der Waals surface area contributed by atoms with Crippen LogP contribution in [0.1, 0.15) is 16.8 Å². The van der Waals surface area contributed by atoms with Gasteiger partial charge in [0.05, 0.1) is 18.8 Å². The van der Waals surface area contributed by atoms with E-state index in [0.29, 0.717) is 19.0 Å². The summed E-state index contributed by atoms with van der Waals surface area (Å²) < 4.78 is 6.92. The molecule has 0 saturated carbocycles. The Balaban J connectivity index is 2.18. The van der Waals surface area contributed by atoms with Gasteiger partial charge in [-0.15, -0.1) is 0 Å². The summed E-state index contributed by atoms with van der Waals surface area (Å²) >= 11 is 0. The van der Waals surface area contributed by atoms with E-state index in [1.165, 1.54) is 5.56 Å². The van der Waals surface area contributed by atoms with Gasteiger partial charge in [-0.1, -0.05) is 24.3 Å². The van der Waals surface area contributed by atoms with Crippen LogP contribution in [0.2, 0.25) is 0 Å². The van der Waals surface area contributed by atoms with Crippen molar-refractivity contribution in [2.24, 2.45) is 0 Å².